The highest BCUT2D eigenvalue weighted by atomic mass is 28.4. The van der Waals surface area contributed by atoms with E-state index in [0.29, 0.717) is 12.0 Å². The van der Waals surface area contributed by atoms with Crippen LogP contribution < -0.4 is 0 Å². The van der Waals surface area contributed by atoms with Gasteiger partial charge >= 0.3 is 0 Å². The van der Waals surface area contributed by atoms with Gasteiger partial charge in [0.1, 0.15) is 0 Å². The van der Waals surface area contributed by atoms with Crippen molar-refractivity contribution in [1.82, 2.24) is 0 Å². The fourth-order valence-corrected chi connectivity index (χ4v) is 4.91. The first-order valence-electron chi connectivity index (χ1n) is 8.31. The van der Waals surface area contributed by atoms with Crippen LogP contribution in [0.4, 0.5) is 0 Å². The van der Waals surface area contributed by atoms with Crippen molar-refractivity contribution < 1.29 is 8.85 Å². The first kappa shape index (κ1) is 19.0. The predicted molar refractivity (Wildman–Crippen MR) is 97.6 cm³/mol. The normalized spacial score (nSPS) is 25.2. The lowest BCUT2D eigenvalue weighted by Gasteiger charge is -2.43. The highest BCUT2D eigenvalue weighted by Crippen LogP contribution is 2.41. The molecule has 124 valence electrons. The molecule has 0 unspecified atom stereocenters. The van der Waals surface area contributed by atoms with E-state index >= 15 is 0 Å². The summed E-state index contributed by atoms with van der Waals surface area (Å²) in [6.45, 7) is 23.0. The van der Waals surface area contributed by atoms with Crippen LogP contribution in [0.3, 0.4) is 0 Å². The van der Waals surface area contributed by atoms with Crippen LogP contribution in [0.15, 0.2) is 11.3 Å². The molecule has 0 spiro atoms. The Labute approximate surface area is 134 Å². The zero-order valence-corrected chi connectivity index (χ0v) is 17.9. The lowest BCUT2D eigenvalue weighted by molar-refractivity contribution is 0.115. The maximum Gasteiger partial charge on any atom is 0.241 e. The van der Waals surface area contributed by atoms with Gasteiger partial charge in [0, 0.05) is 12.3 Å². The van der Waals surface area contributed by atoms with Crippen molar-refractivity contribution in [2.45, 2.75) is 91.3 Å². The van der Waals surface area contributed by atoms with E-state index in [1.165, 1.54) is 11.3 Å². The third-order valence-corrected chi connectivity index (χ3v) is 10.4. The smallest absolute Gasteiger partial charge is 0.241 e. The third kappa shape index (κ3) is 4.97. The third-order valence-electron chi connectivity index (χ3n) is 5.02. The van der Waals surface area contributed by atoms with Crippen molar-refractivity contribution in [3.05, 3.63) is 11.3 Å². The topological polar surface area (TPSA) is 18.5 Å². The molecular weight excluding hydrogens is 292 g/mol. The summed E-state index contributed by atoms with van der Waals surface area (Å²) < 4.78 is 12.9. The molecule has 0 saturated carbocycles. The Morgan fingerprint density at radius 3 is 2.00 bits per heavy atom. The highest BCUT2D eigenvalue weighted by Gasteiger charge is 2.41. The van der Waals surface area contributed by atoms with Crippen LogP contribution in [0.25, 0.3) is 0 Å². The zero-order chi connectivity index (χ0) is 16.6. The predicted octanol–water partition coefficient (Wildman–Crippen LogP) is 5.93. The first-order valence-corrected chi connectivity index (χ1v) is 14.6. The molecular formula is C17H36O2Si2. The second-order valence-electron chi connectivity index (χ2n) is 9.06. The summed E-state index contributed by atoms with van der Waals surface area (Å²) >= 11 is 0. The van der Waals surface area contributed by atoms with E-state index in [4.69, 9.17) is 8.85 Å². The van der Waals surface area contributed by atoms with Gasteiger partial charge in [-0.15, -0.1) is 0 Å². The fraction of sp³-hybridized carbons (Fsp3) is 0.882. The van der Waals surface area contributed by atoms with Crippen LogP contribution in [0.1, 0.15) is 47.5 Å². The van der Waals surface area contributed by atoms with Gasteiger partial charge < -0.3 is 8.85 Å². The molecule has 0 radical (unpaired) electrons. The van der Waals surface area contributed by atoms with Crippen molar-refractivity contribution >= 4 is 16.6 Å². The number of rotatable bonds is 4. The summed E-state index contributed by atoms with van der Waals surface area (Å²) in [5, 5.41) is 0.277. The van der Waals surface area contributed by atoms with E-state index in [0.717, 1.165) is 12.8 Å². The number of allylic oxidation sites excluding steroid dienone is 1. The second-order valence-corrected chi connectivity index (χ2v) is 18.2. The largest absolute Gasteiger partial charge is 0.547 e. The van der Waals surface area contributed by atoms with Crippen LogP contribution in [0, 0.1) is 5.92 Å². The first-order chi connectivity index (χ1) is 9.24. The van der Waals surface area contributed by atoms with E-state index in [2.05, 4.69) is 67.4 Å². The molecule has 4 heteroatoms. The molecule has 0 amide bonds. The van der Waals surface area contributed by atoms with Crippen LogP contribution in [-0.4, -0.2) is 22.7 Å². The van der Waals surface area contributed by atoms with Crippen molar-refractivity contribution in [2.24, 2.45) is 5.92 Å². The Balaban J connectivity index is 2.85. The SMILES string of the molecule is CC1=C(O[Si](C)(C)C)CC[C@H](O[Si](C)(C)C(C)(C)C)[C@@H]1C. The molecule has 0 aromatic heterocycles. The molecule has 0 heterocycles. The Bertz CT molecular complexity index is 400. The summed E-state index contributed by atoms with van der Waals surface area (Å²) in [6, 6.07) is 0. The van der Waals surface area contributed by atoms with Gasteiger partial charge in [0.25, 0.3) is 0 Å². The minimum atomic E-state index is -1.69. The van der Waals surface area contributed by atoms with Crippen LogP contribution in [0.2, 0.25) is 37.8 Å². The molecule has 1 aliphatic rings. The van der Waals surface area contributed by atoms with E-state index in [9.17, 15) is 0 Å². The summed E-state index contributed by atoms with van der Waals surface area (Å²) in [4.78, 5) is 0. The zero-order valence-electron chi connectivity index (χ0n) is 15.9. The lowest BCUT2D eigenvalue weighted by Crippen LogP contribution is -2.46. The maximum absolute atomic E-state index is 6.66. The van der Waals surface area contributed by atoms with Gasteiger partial charge in [0.05, 0.1) is 11.9 Å². The quantitative estimate of drug-likeness (QED) is 0.595. The summed E-state index contributed by atoms with van der Waals surface area (Å²) in [6.07, 6.45) is 2.50. The van der Waals surface area contributed by atoms with Crippen molar-refractivity contribution in [3.8, 4) is 0 Å². The summed E-state index contributed by atoms with van der Waals surface area (Å²) in [5.74, 6) is 1.72. The van der Waals surface area contributed by atoms with Gasteiger partial charge in [-0.25, -0.2) is 0 Å². The van der Waals surface area contributed by atoms with Crippen molar-refractivity contribution in [1.29, 1.82) is 0 Å². The molecule has 1 aliphatic carbocycles. The van der Waals surface area contributed by atoms with Crippen LogP contribution in [0.5, 0.6) is 0 Å². The lowest BCUT2D eigenvalue weighted by atomic mass is 9.86. The minimum absolute atomic E-state index is 0.277. The van der Waals surface area contributed by atoms with Crippen LogP contribution >= 0.6 is 0 Å². The summed E-state index contributed by atoms with van der Waals surface area (Å²) in [7, 11) is -3.19. The Hall–Kier alpha value is -0.0662. The van der Waals surface area contributed by atoms with Gasteiger partial charge in [-0.05, 0) is 56.7 Å². The Morgan fingerprint density at radius 2 is 1.57 bits per heavy atom. The van der Waals surface area contributed by atoms with Gasteiger partial charge in [0.15, 0.2) is 8.32 Å². The fourth-order valence-electron chi connectivity index (χ4n) is 2.47. The van der Waals surface area contributed by atoms with Gasteiger partial charge in [-0.3, -0.25) is 0 Å². The monoisotopic (exact) mass is 328 g/mol. The Morgan fingerprint density at radius 1 is 1.05 bits per heavy atom. The standard InChI is InChI=1S/C17H36O2Si2/c1-13-14(2)16(19-21(9,10)17(3,4)5)12-11-15(13)18-20(6,7)8/h14,16H,11-12H2,1-10H3/t14-,16+/m1/s1. The average molecular weight is 329 g/mol. The molecule has 21 heavy (non-hydrogen) atoms. The second kappa shape index (κ2) is 6.21. The van der Waals surface area contributed by atoms with Crippen LogP contribution in [-0.2, 0) is 8.85 Å². The Kier molecular flexibility index (Phi) is 5.61. The summed E-state index contributed by atoms with van der Waals surface area (Å²) in [5.41, 5.74) is 1.41. The molecule has 1 rings (SSSR count). The van der Waals surface area contributed by atoms with Gasteiger partial charge in [-0.2, -0.15) is 0 Å². The number of hydrogen-bond acceptors (Lipinski definition) is 2. The van der Waals surface area contributed by atoms with Gasteiger partial charge in [-0.1, -0.05) is 27.7 Å². The molecule has 0 fully saturated rings. The molecule has 0 bridgehead atoms. The molecule has 2 nitrogen and oxygen atoms in total. The number of hydrogen-bond donors (Lipinski definition) is 0. The average Bonchev–Trinajstić information content (AvgIpc) is 2.25. The molecule has 0 aliphatic heterocycles. The molecule has 0 aromatic rings. The van der Waals surface area contributed by atoms with Crippen molar-refractivity contribution in [2.75, 3.05) is 0 Å². The maximum atomic E-state index is 6.66. The molecule has 2 atom stereocenters. The molecule has 0 saturated heterocycles. The van der Waals surface area contributed by atoms with Gasteiger partial charge in [0.2, 0.25) is 8.32 Å². The van der Waals surface area contributed by atoms with Crippen molar-refractivity contribution in [3.63, 3.8) is 0 Å². The minimum Gasteiger partial charge on any atom is -0.547 e. The van der Waals surface area contributed by atoms with E-state index in [-0.39, 0.29) is 5.04 Å². The molecule has 0 N–H and O–H groups in total. The molecule has 0 aromatic carbocycles. The van der Waals surface area contributed by atoms with E-state index in [1.807, 2.05) is 0 Å². The highest BCUT2D eigenvalue weighted by molar-refractivity contribution is 6.74. The van der Waals surface area contributed by atoms with E-state index in [1.54, 1.807) is 0 Å². The van der Waals surface area contributed by atoms with E-state index < -0.39 is 16.6 Å².